The lowest BCUT2D eigenvalue weighted by Crippen LogP contribution is -1.97. The van der Waals surface area contributed by atoms with Gasteiger partial charge >= 0.3 is 0 Å². The molecular formula is C16H26O. The van der Waals surface area contributed by atoms with Crippen LogP contribution in [0.2, 0.25) is 0 Å². The van der Waals surface area contributed by atoms with E-state index in [1.54, 1.807) is 0 Å². The summed E-state index contributed by atoms with van der Waals surface area (Å²) in [6.45, 7) is 14.3. The van der Waals surface area contributed by atoms with Gasteiger partial charge in [0.2, 0.25) is 0 Å². The van der Waals surface area contributed by atoms with Crippen LogP contribution in [0.5, 0.6) is 0 Å². The first kappa shape index (κ1) is 14.2. The van der Waals surface area contributed by atoms with E-state index in [9.17, 15) is 0 Å². The molecule has 96 valence electrons. The summed E-state index contributed by atoms with van der Waals surface area (Å²) in [5.74, 6) is 0. The Kier molecular flexibility index (Phi) is 6.28. The van der Waals surface area contributed by atoms with Gasteiger partial charge in [-0.3, -0.25) is 0 Å². The highest BCUT2D eigenvalue weighted by Gasteiger charge is 2.18. The standard InChI is InChI=1S/C16H26O/c1-5-7-9-13(3)14(4)16-12-17-11-15(16)10-8-6-2/h3-12H2,1-2H3. The Morgan fingerprint density at radius 1 is 1.12 bits per heavy atom. The van der Waals surface area contributed by atoms with Gasteiger partial charge in [-0.25, -0.2) is 0 Å². The number of hydrogen-bond donors (Lipinski definition) is 0. The third-order valence-electron chi connectivity index (χ3n) is 3.40. The molecule has 0 saturated carbocycles. The molecule has 0 atom stereocenters. The Labute approximate surface area is 106 Å². The predicted molar refractivity (Wildman–Crippen MR) is 75.2 cm³/mol. The van der Waals surface area contributed by atoms with Gasteiger partial charge in [-0.1, -0.05) is 39.8 Å². The lowest BCUT2D eigenvalue weighted by molar-refractivity contribution is 0.203. The van der Waals surface area contributed by atoms with Crippen molar-refractivity contribution in [1.29, 1.82) is 0 Å². The van der Waals surface area contributed by atoms with Crippen LogP contribution in [0.15, 0.2) is 35.5 Å². The van der Waals surface area contributed by atoms with Crippen molar-refractivity contribution < 1.29 is 4.74 Å². The van der Waals surface area contributed by atoms with E-state index in [0.29, 0.717) is 0 Å². The Bertz CT molecular complexity index is 309. The van der Waals surface area contributed by atoms with E-state index in [1.165, 1.54) is 42.4 Å². The molecule has 0 fully saturated rings. The van der Waals surface area contributed by atoms with Gasteiger partial charge < -0.3 is 4.74 Å². The Morgan fingerprint density at radius 3 is 2.47 bits per heavy atom. The van der Waals surface area contributed by atoms with Gasteiger partial charge in [-0.15, -0.1) is 0 Å². The summed E-state index contributed by atoms with van der Waals surface area (Å²) in [6.07, 6.45) is 7.13. The molecule has 1 aliphatic rings. The number of ether oxygens (including phenoxy) is 1. The quantitative estimate of drug-likeness (QED) is 0.548. The zero-order valence-corrected chi connectivity index (χ0v) is 11.5. The van der Waals surface area contributed by atoms with Crippen LogP contribution in [0.1, 0.15) is 52.4 Å². The lowest BCUT2D eigenvalue weighted by atomic mass is 9.93. The molecule has 1 heterocycles. The van der Waals surface area contributed by atoms with Crippen molar-refractivity contribution in [2.75, 3.05) is 13.2 Å². The molecule has 0 amide bonds. The second kappa shape index (κ2) is 7.50. The fourth-order valence-corrected chi connectivity index (χ4v) is 2.13. The van der Waals surface area contributed by atoms with Crippen molar-refractivity contribution in [3.63, 3.8) is 0 Å². The fraction of sp³-hybridized carbons (Fsp3) is 0.625. The zero-order chi connectivity index (χ0) is 12.7. The Balaban J connectivity index is 2.62. The van der Waals surface area contributed by atoms with Gasteiger partial charge in [-0.05, 0) is 48.0 Å². The predicted octanol–water partition coefficient (Wildman–Crippen LogP) is 4.81. The van der Waals surface area contributed by atoms with Crippen LogP contribution < -0.4 is 0 Å². The molecule has 0 spiro atoms. The maximum atomic E-state index is 5.57. The van der Waals surface area contributed by atoms with Crippen LogP contribution in [0, 0.1) is 0 Å². The summed E-state index contributed by atoms with van der Waals surface area (Å²) in [6, 6.07) is 0. The van der Waals surface area contributed by atoms with Crippen LogP contribution in [0.25, 0.3) is 0 Å². The number of unbranched alkanes of at least 4 members (excludes halogenated alkanes) is 2. The molecule has 0 aromatic carbocycles. The molecule has 0 unspecified atom stereocenters. The second-order valence-electron chi connectivity index (χ2n) is 4.86. The average molecular weight is 234 g/mol. The Morgan fingerprint density at radius 2 is 1.82 bits per heavy atom. The van der Waals surface area contributed by atoms with Crippen LogP contribution in [0.3, 0.4) is 0 Å². The van der Waals surface area contributed by atoms with Crippen LogP contribution in [-0.2, 0) is 4.74 Å². The van der Waals surface area contributed by atoms with E-state index in [4.69, 9.17) is 4.74 Å². The molecule has 1 nitrogen and oxygen atoms in total. The summed E-state index contributed by atoms with van der Waals surface area (Å²) in [7, 11) is 0. The van der Waals surface area contributed by atoms with Crippen molar-refractivity contribution in [2.24, 2.45) is 0 Å². The van der Waals surface area contributed by atoms with Crippen molar-refractivity contribution in [1.82, 2.24) is 0 Å². The lowest BCUT2D eigenvalue weighted by Gasteiger charge is -2.11. The van der Waals surface area contributed by atoms with Crippen molar-refractivity contribution in [3.05, 3.63) is 35.5 Å². The summed E-state index contributed by atoms with van der Waals surface area (Å²) in [4.78, 5) is 0. The molecule has 0 radical (unpaired) electrons. The highest BCUT2D eigenvalue weighted by Crippen LogP contribution is 2.29. The van der Waals surface area contributed by atoms with E-state index < -0.39 is 0 Å². The minimum absolute atomic E-state index is 0.739. The molecular weight excluding hydrogens is 208 g/mol. The monoisotopic (exact) mass is 234 g/mol. The van der Waals surface area contributed by atoms with Crippen molar-refractivity contribution in [2.45, 2.75) is 52.4 Å². The van der Waals surface area contributed by atoms with Gasteiger partial charge in [0.05, 0.1) is 13.2 Å². The van der Waals surface area contributed by atoms with E-state index in [0.717, 1.165) is 31.6 Å². The second-order valence-corrected chi connectivity index (χ2v) is 4.86. The molecule has 1 heteroatoms. The van der Waals surface area contributed by atoms with E-state index in [-0.39, 0.29) is 0 Å². The average Bonchev–Trinajstić information content (AvgIpc) is 2.80. The van der Waals surface area contributed by atoms with E-state index in [1.807, 2.05) is 0 Å². The maximum absolute atomic E-state index is 5.57. The molecule has 17 heavy (non-hydrogen) atoms. The summed E-state index contributed by atoms with van der Waals surface area (Å²) >= 11 is 0. The number of allylic oxidation sites excluding steroid dienone is 1. The molecule has 0 bridgehead atoms. The third kappa shape index (κ3) is 4.16. The molecule has 1 aliphatic heterocycles. The molecule has 1 rings (SSSR count). The summed E-state index contributed by atoms with van der Waals surface area (Å²) < 4.78 is 5.57. The van der Waals surface area contributed by atoms with Gasteiger partial charge in [0.1, 0.15) is 0 Å². The maximum Gasteiger partial charge on any atom is 0.0727 e. The molecule has 0 saturated heterocycles. The highest BCUT2D eigenvalue weighted by molar-refractivity contribution is 5.47. The van der Waals surface area contributed by atoms with Crippen molar-refractivity contribution >= 4 is 0 Å². The molecule has 0 N–H and O–H groups in total. The van der Waals surface area contributed by atoms with Crippen LogP contribution in [0.4, 0.5) is 0 Å². The normalized spacial score (nSPS) is 15.4. The smallest absolute Gasteiger partial charge is 0.0727 e. The molecule has 0 aliphatic carbocycles. The molecule has 0 aromatic heterocycles. The largest absolute Gasteiger partial charge is 0.372 e. The minimum atomic E-state index is 0.739. The number of rotatable bonds is 8. The van der Waals surface area contributed by atoms with Crippen molar-refractivity contribution in [3.8, 4) is 0 Å². The first-order chi connectivity index (χ1) is 8.20. The Hall–Kier alpha value is -0.820. The van der Waals surface area contributed by atoms with Crippen LogP contribution in [-0.4, -0.2) is 13.2 Å². The summed E-state index contributed by atoms with van der Waals surface area (Å²) in [5, 5.41) is 0. The topological polar surface area (TPSA) is 9.23 Å². The highest BCUT2D eigenvalue weighted by atomic mass is 16.5. The van der Waals surface area contributed by atoms with Gasteiger partial charge in [0.15, 0.2) is 0 Å². The summed E-state index contributed by atoms with van der Waals surface area (Å²) in [5.41, 5.74) is 5.12. The first-order valence-electron chi connectivity index (χ1n) is 6.86. The van der Waals surface area contributed by atoms with E-state index >= 15 is 0 Å². The minimum Gasteiger partial charge on any atom is -0.372 e. The van der Waals surface area contributed by atoms with E-state index in [2.05, 4.69) is 27.0 Å². The fourth-order valence-electron chi connectivity index (χ4n) is 2.13. The third-order valence-corrected chi connectivity index (χ3v) is 3.40. The van der Waals surface area contributed by atoms with Crippen LogP contribution >= 0.6 is 0 Å². The van der Waals surface area contributed by atoms with Gasteiger partial charge in [-0.2, -0.15) is 0 Å². The van der Waals surface area contributed by atoms with Gasteiger partial charge in [0.25, 0.3) is 0 Å². The molecule has 0 aromatic rings. The first-order valence-corrected chi connectivity index (χ1v) is 6.86. The van der Waals surface area contributed by atoms with Gasteiger partial charge in [0, 0.05) is 0 Å². The SMILES string of the molecule is C=C(CCCC)C(=C)C1=C(CCCC)COC1. The number of hydrogen-bond acceptors (Lipinski definition) is 1. The zero-order valence-electron chi connectivity index (χ0n) is 11.5.